The van der Waals surface area contributed by atoms with Crippen molar-refractivity contribution in [1.29, 1.82) is 0 Å². The van der Waals surface area contributed by atoms with E-state index in [4.69, 9.17) is 23.2 Å². The van der Waals surface area contributed by atoms with Crippen LogP contribution in [0.25, 0.3) is 0 Å². The highest BCUT2D eigenvalue weighted by Gasteiger charge is 2.33. The number of carbonyl (C=O) groups excluding carboxylic acids is 3. The zero-order valence-electron chi connectivity index (χ0n) is 16.1. The molecule has 1 fully saturated rings. The molecule has 152 valence electrons. The van der Waals surface area contributed by atoms with Crippen molar-refractivity contribution in [3.05, 3.63) is 58.1 Å². The van der Waals surface area contributed by atoms with Gasteiger partial charge in [0, 0.05) is 20.0 Å². The lowest BCUT2D eigenvalue weighted by molar-refractivity contribution is -0.119. The van der Waals surface area contributed by atoms with Gasteiger partial charge in [-0.25, -0.2) is 0 Å². The summed E-state index contributed by atoms with van der Waals surface area (Å²) >= 11 is 12.1. The summed E-state index contributed by atoms with van der Waals surface area (Å²) in [7, 11) is 3.19. The Kier molecular flexibility index (Phi) is 6.45. The zero-order chi connectivity index (χ0) is 21.1. The number of rotatable bonds is 6. The third-order valence-corrected chi connectivity index (χ3v) is 5.34. The number of para-hydroxylation sites is 2. The lowest BCUT2D eigenvalue weighted by atomic mass is 10.1. The largest absolute Gasteiger partial charge is 0.332 e. The smallest absolute Gasteiger partial charge is 0.256 e. The van der Waals surface area contributed by atoms with Crippen molar-refractivity contribution in [1.82, 2.24) is 4.90 Å². The topological polar surface area (TPSA) is 69.7 Å². The van der Waals surface area contributed by atoms with Gasteiger partial charge in [0.2, 0.25) is 11.8 Å². The molecule has 0 unspecified atom stereocenters. The molecule has 0 bridgehead atoms. The van der Waals surface area contributed by atoms with E-state index in [0.29, 0.717) is 27.0 Å². The molecule has 8 heteroatoms. The number of amides is 3. The van der Waals surface area contributed by atoms with E-state index in [1.54, 1.807) is 49.5 Å². The maximum atomic E-state index is 13.0. The van der Waals surface area contributed by atoms with Crippen LogP contribution in [0, 0.1) is 5.92 Å². The molecular formula is C21H21Cl2N3O3. The van der Waals surface area contributed by atoms with Crippen LogP contribution in [0.5, 0.6) is 0 Å². The first kappa shape index (κ1) is 21.1. The molecule has 1 aliphatic rings. The van der Waals surface area contributed by atoms with E-state index in [1.165, 1.54) is 16.8 Å². The van der Waals surface area contributed by atoms with E-state index in [1.807, 2.05) is 0 Å². The van der Waals surface area contributed by atoms with Crippen LogP contribution in [0.3, 0.4) is 0 Å². The predicted molar refractivity (Wildman–Crippen MR) is 115 cm³/mol. The molecule has 1 aliphatic carbocycles. The van der Waals surface area contributed by atoms with Gasteiger partial charge in [0.25, 0.3) is 5.91 Å². The number of benzene rings is 2. The number of anilines is 2. The quantitative estimate of drug-likeness (QED) is 0.745. The maximum Gasteiger partial charge on any atom is 0.256 e. The Morgan fingerprint density at radius 3 is 2.24 bits per heavy atom. The van der Waals surface area contributed by atoms with E-state index in [2.05, 4.69) is 5.32 Å². The lowest BCUT2D eigenvalue weighted by Crippen LogP contribution is -2.36. The average molecular weight is 434 g/mol. The lowest BCUT2D eigenvalue weighted by Gasteiger charge is -2.23. The SMILES string of the molecule is CN(CC(=O)Nc1c(Cl)cccc1Cl)C(=O)c1ccccc1N(C)C(=O)C1CC1. The number of nitrogens with one attached hydrogen (secondary N) is 1. The highest BCUT2D eigenvalue weighted by molar-refractivity contribution is 6.39. The van der Waals surface area contributed by atoms with Gasteiger partial charge in [-0.2, -0.15) is 0 Å². The van der Waals surface area contributed by atoms with Gasteiger partial charge in [-0.3, -0.25) is 14.4 Å². The van der Waals surface area contributed by atoms with Crippen LogP contribution in [0.4, 0.5) is 11.4 Å². The molecule has 2 aromatic carbocycles. The van der Waals surface area contributed by atoms with Crippen molar-refractivity contribution in [3.63, 3.8) is 0 Å². The van der Waals surface area contributed by atoms with Crippen molar-refractivity contribution in [2.45, 2.75) is 12.8 Å². The first-order chi connectivity index (χ1) is 13.8. The molecule has 29 heavy (non-hydrogen) atoms. The van der Waals surface area contributed by atoms with Crippen molar-refractivity contribution in [2.24, 2.45) is 5.92 Å². The Labute approximate surface area is 179 Å². The summed E-state index contributed by atoms with van der Waals surface area (Å²) in [4.78, 5) is 40.6. The third-order valence-electron chi connectivity index (χ3n) is 4.71. The third kappa shape index (κ3) is 4.89. The van der Waals surface area contributed by atoms with Crippen molar-refractivity contribution in [2.75, 3.05) is 30.9 Å². The number of hydrogen-bond acceptors (Lipinski definition) is 3. The Balaban J connectivity index is 1.72. The van der Waals surface area contributed by atoms with Crippen LogP contribution in [0.2, 0.25) is 10.0 Å². The minimum atomic E-state index is -0.434. The molecule has 1 N–H and O–H groups in total. The first-order valence-electron chi connectivity index (χ1n) is 9.15. The Morgan fingerprint density at radius 2 is 1.62 bits per heavy atom. The normalized spacial score (nSPS) is 13.0. The molecule has 0 aliphatic heterocycles. The maximum absolute atomic E-state index is 13.0. The molecular weight excluding hydrogens is 413 g/mol. The standard InChI is InChI=1S/C21H21Cl2N3O3/c1-25(12-18(27)24-19-15(22)7-5-8-16(19)23)21(29)14-6-3-4-9-17(14)26(2)20(28)13-10-11-13/h3-9,13H,10-12H2,1-2H3,(H,24,27). The minimum Gasteiger partial charge on any atom is -0.332 e. The number of carbonyl (C=O) groups is 3. The summed E-state index contributed by atoms with van der Waals surface area (Å²) in [5, 5.41) is 3.25. The van der Waals surface area contributed by atoms with E-state index < -0.39 is 5.91 Å². The van der Waals surface area contributed by atoms with Crippen molar-refractivity contribution < 1.29 is 14.4 Å². The van der Waals surface area contributed by atoms with Crippen LogP contribution in [-0.2, 0) is 9.59 Å². The molecule has 2 aromatic rings. The van der Waals surface area contributed by atoms with Gasteiger partial charge in [0.1, 0.15) is 0 Å². The molecule has 0 aromatic heterocycles. The second-order valence-electron chi connectivity index (χ2n) is 6.99. The molecule has 0 heterocycles. The number of halogens is 2. The van der Waals surface area contributed by atoms with Gasteiger partial charge in [-0.05, 0) is 37.1 Å². The number of likely N-dealkylation sites (N-methyl/N-ethyl adjacent to an activating group) is 1. The van der Waals surface area contributed by atoms with Gasteiger partial charge in [0.15, 0.2) is 0 Å². The fourth-order valence-electron chi connectivity index (χ4n) is 2.96. The minimum absolute atomic E-state index is 0.000919. The number of hydrogen-bond donors (Lipinski definition) is 1. The zero-order valence-corrected chi connectivity index (χ0v) is 17.6. The molecule has 6 nitrogen and oxygen atoms in total. The summed E-state index contributed by atoms with van der Waals surface area (Å²) in [6, 6.07) is 11.8. The van der Waals surface area contributed by atoms with Crippen LogP contribution in [0.1, 0.15) is 23.2 Å². The molecule has 0 atom stereocenters. The molecule has 1 saturated carbocycles. The molecule has 3 amide bonds. The Morgan fingerprint density at radius 1 is 1.00 bits per heavy atom. The fourth-order valence-corrected chi connectivity index (χ4v) is 3.45. The monoisotopic (exact) mass is 433 g/mol. The molecule has 0 radical (unpaired) electrons. The Hall–Kier alpha value is -2.57. The van der Waals surface area contributed by atoms with Gasteiger partial charge < -0.3 is 15.1 Å². The molecule has 3 rings (SSSR count). The summed E-state index contributed by atoms with van der Waals surface area (Å²) < 4.78 is 0. The first-order valence-corrected chi connectivity index (χ1v) is 9.91. The van der Waals surface area contributed by atoms with Crippen LogP contribution in [-0.4, -0.2) is 43.3 Å². The van der Waals surface area contributed by atoms with Gasteiger partial charge >= 0.3 is 0 Å². The highest BCUT2D eigenvalue weighted by Crippen LogP contribution is 2.33. The van der Waals surface area contributed by atoms with E-state index >= 15 is 0 Å². The number of nitrogens with zero attached hydrogens (tertiary/aromatic N) is 2. The fraction of sp³-hybridized carbons (Fsp3) is 0.286. The van der Waals surface area contributed by atoms with Crippen LogP contribution >= 0.6 is 23.2 Å². The van der Waals surface area contributed by atoms with Gasteiger partial charge in [0.05, 0.1) is 33.5 Å². The van der Waals surface area contributed by atoms with E-state index in [0.717, 1.165) is 12.8 Å². The van der Waals surface area contributed by atoms with Crippen molar-refractivity contribution >= 4 is 52.3 Å². The molecule has 0 spiro atoms. The van der Waals surface area contributed by atoms with Gasteiger partial charge in [-0.15, -0.1) is 0 Å². The summed E-state index contributed by atoms with van der Waals surface area (Å²) in [5.41, 5.74) is 1.18. The van der Waals surface area contributed by atoms with Crippen LogP contribution in [0.15, 0.2) is 42.5 Å². The highest BCUT2D eigenvalue weighted by atomic mass is 35.5. The second-order valence-corrected chi connectivity index (χ2v) is 7.81. The van der Waals surface area contributed by atoms with Crippen molar-refractivity contribution in [3.8, 4) is 0 Å². The van der Waals surface area contributed by atoms with Crippen LogP contribution < -0.4 is 10.2 Å². The van der Waals surface area contributed by atoms with E-state index in [9.17, 15) is 14.4 Å². The summed E-state index contributed by atoms with van der Waals surface area (Å²) in [5.74, 6) is -0.766. The van der Waals surface area contributed by atoms with E-state index in [-0.39, 0.29) is 24.3 Å². The summed E-state index contributed by atoms with van der Waals surface area (Å²) in [6.45, 7) is -0.199. The predicted octanol–water partition coefficient (Wildman–Crippen LogP) is 4.08. The summed E-state index contributed by atoms with van der Waals surface area (Å²) in [6.07, 6.45) is 1.76. The van der Waals surface area contributed by atoms with Gasteiger partial charge in [-0.1, -0.05) is 41.4 Å². The second kappa shape index (κ2) is 8.84. The molecule has 0 saturated heterocycles. The Bertz CT molecular complexity index is 940. The average Bonchev–Trinajstić information content (AvgIpc) is 3.54.